The molecule has 1 aliphatic carbocycles. The van der Waals surface area contributed by atoms with Crippen molar-refractivity contribution in [3.63, 3.8) is 0 Å². The summed E-state index contributed by atoms with van der Waals surface area (Å²) in [5.74, 6) is 0.191. The van der Waals surface area contributed by atoms with Gasteiger partial charge in [0, 0.05) is 20.9 Å². The molecule has 98 valence electrons. The largest absolute Gasteiger partial charge is 0.328 e. The van der Waals surface area contributed by atoms with Crippen LogP contribution in [0.4, 0.5) is 5.69 Å². The highest BCUT2D eigenvalue weighted by Crippen LogP contribution is 2.29. The van der Waals surface area contributed by atoms with E-state index in [-0.39, 0.29) is 17.9 Å². The third-order valence-corrected chi connectivity index (χ3v) is 4.51. The minimum atomic E-state index is 0.0932. The van der Waals surface area contributed by atoms with Crippen molar-refractivity contribution in [1.29, 1.82) is 0 Å². The second-order valence-corrected chi connectivity index (χ2v) is 6.50. The van der Waals surface area contributed by atoms with Crippen molar-refractivity contribution >= 4 is 43.5 Å². The number of halogens is 2. The first-order chi connectivity index (χ1) is 8.56. The molecule has 1 aromatic rings. The molecule has 1 fully saturated rings. The maximum atomic E-state index is 12.1. The maximum Gasteiger partial charge on any atom is 0.227 e. The lowest BCUT2D eigenvalue weighted by Crippen LogP contribution is -2.32. The van der Waals surface area contributed by atoms with Gasteiger partial charge in [-0.25, -0.2) is 0 Å². The van der Waals surface area contributed by atoms with Gasteiger partial charge in [0.05, 0.1) is 5.69 Å². The van der Waals surface area contributed by atoms with Gasteiger partial charge in [-0.3, -0.25) is 4.79 Å². The number of hydrogen-bond acceptors (Lipinski definition) is 2. The van der Waals surface area contributed by atoms with Gasteiger partial charge in [0.1, 0.15) is 0 Å². The van der Waals surface area contributed by atoms with Crippen molar-refractivity contribution in [1.82, 2.24) is 0 Å². The lowest BCUT2D eigenvalue weighted by atomic mass is 9.86. The Morgan fingerprint density at radius 3 is 2.56 bits per heavy atom. The topological polar surface area (TPSA) is 55.1 Å². The van der Waals surface area contributed by atoms with Crippen molar-refractivity contribution in [3.8, 4) is 0 Å². The number of nitrogens with one attached hydrogen (secondary N) is 1. The number of benzene rings is 1. The van der Waals surface area contributed by atoms with E-state index in [4.69, 9.17) is 5.73 Å². The van der Waals surface area contributed by atoms with Crippen LogP contribution in [0.1, 0.15) is 25.7 Å². The summed E-state index contributed by atoms with van der Waals surface area (Å²) in [5, 5.41) is 2.98. The molecule has 18 heavy (non-hydrogen) atoms. The van der Waals surface area contributed by atoms with Crippen LogP contribution in [0.15, 0.2) is 27.1 Å². The average molecular weight is 376 g/mol. The summed E-state index contributed by atoms with van der Waals surface area (Å²) < 4.78 is 1.85. The molecule has 0 heterocycles. The molecule has 1 saturated carbocycles. The van der Waals surface area contributed by atoms with E-state index in [1.165, 1.54) is 0 Å². The van der Waals surface area contributed by atoms with Gasteiger partial charge in [0.25, 0.3) is 0 Å². The van der Waals surface area contributed by atoms with Crippen LogP contribution in [-0.2, 0) is 4.79 Å². The second-order valence-electron chi connectivity index (χ2n) is 4.73. The molecular formula is C13H16Br2N2O. The van der Waals surface area contributed by atoms with Crippen LogP contribution < -0.4 is 11.1 Å². The zero-order valence-corrected chi connectivity index (χ0v) is 13.1. The highest BCUT2D eigenvalue weighted by molar-refractivity contribution is 9.11. The first-order valence-electron chi connectivity index (χ1n) is 6.08. The Balaban J connectivity index is 2.00. The molecule has 3 nitrogen and oxygen atoms in total. The predicted octanol–water partition coefficient (Wildman–Crippen LogP) is 3.67. The average Bonchev–Trinajstić information content (AvgIpc) is 2.34. The Bertz CT molecular complexity index is 443. The molecule has 0 saturated heterocycles. The summed E-state index contributed by atoms with van der Waals surface area (Å²) in [4.78, 5) is 12.1. The third kappa shape index (κ3) is 3.56. The van der Waals surface area contributed by atoms with Gasteiger partial charge in [0.15, 0.2) is 0 Å². The molecule has 0 unspecified atom stereocenters. The van der Waals surface area contributed by atoms with Gasteiger partial charge in [-0.15, -0.1) is 0 Å². The monoisotopic (exact) mass is 374 g/mol. The van der Waals surface area contributed by atoms with Crippen LogP contribution in [0, 0.1) is 5.92 Å². The molecule has 3 N–H and O–H groups in total. The third-order valence-electron chi connectivity index (χ3n) is 3.33. The first kappa shape index (κ1) is 14.0. The van der Waals surface area contributed by atoms with Crippen LogP contribution in [0.25, 0.3) is 0 Å². The molecule has 5 heteroatoms. The number of carbonyl (C=O) groups is 1. The predicted molar refractivity (Wildman–Crippen MR) is 80.4 cm³/mol. The van der Waals surface area contributed by atoms with Crippen LogP contribution in [0.2, 0.25) is 0 Å². The summed E-state index contributed by atoms with van der Waals surface area (Å²) in [6.45, 7) is 0. The SMILES string of the molecule is NC1CCC(C(=O)Nc2cc(Br)ccc2Br)CC1. The number of hydrogen-bond donors (Lipinski definition) is 2. The van der Waals surface area contributed by atoms with Gasteiger partial charge >= 0.3 is 0 Å². The van der Waals surface area contributed by atoms with Crippen molar-refractivity contribution in [2.24, 2.45) is 11.7 Å². The van der Waals surface area contributed by atoms with E-state index in [0.717, 1.165) is 40.3 Å². The van der Waals surface area contributed by atoms with Crippen molar-refractivity contribution in [2.45, 2.75) is 31.7 Å². The number of carbonyl (C=O) groups excluding carboxylic acids is 1. The van der Waals surface area contributed by atoms with E-state index in [1.807, 2.05) is 18.2 Å². The standard InChI is InChI=1S/C13H16Br2N2O/c14-9-3-6-11(15)12(7-9)17-13(18)8-1-4-10(16)5-2-8/h3,6-8,10H,1-2,4-5,16H2,(H,17,18). The summed E-state index contributed by atoms with van der Waals surface area (Å²) in [6, 6.07) is 6.01. The molecule has 0 atom stereocenters. The van der Waals surface area contributed by atoms with E-state index in [0.29, 0.717) is 0 Å². The van der Waals surface area contributed by atoms with E-state index < -0.39 is 0 Å². The lowest BCUT2D eigenvalue weighted by molar-refractivity contribution is -0.120. The van der Waals surface area contributed by atoms with E-state index in [9.17, 15) is 4.79 Å². The Hall–Kier alpha value is -0.390. The normalized spacial score (nSPS) is 23.7. The van der Waals surface area contributed by atoms with Gasteiger partial charge in [-0.2, -0.15) is 0 Å². The van der Waals surface area contributed by atoms with Gasteiger partial charge in [-0.1, -0.05) is 15.9 Å². The van der Waals surface area contributed by atoms with Crippen LogP contribution in [-0.4, -0.2) is 11.9 Å². The van der Waals surface area contributed by atoms with Crippen molar-refractivity contribution in [2.75, 3.05) is 5.32 Å². The second kappa shape index (κ2) is 6.17. The van der Waals surface area contributed by atoms with E-state index in [2.05, 4.69) is 37.2 Å². The molecule has 0 bridgehead atoms. The summed E-state index contributed by atoms with van der Waals surface area (Å²) in [6.07, 6.45) is 3.66. The molecule has 0 aromatic heterocycles. The fourth-order valence-corrected chi connectivity index (χ4v) is 2.92. The minimum absolute atomic E-state index is 0.0932. The van der Waals surface area contributed by atoms with Gasteiger partial charge < -0.3 is 11.1 Å². The number of rotatable bonds is 2. The fourth-order valence-electron chi connectivity index (χ4n) is 2.21. The number of nitrogens with two attached hydrogens (primary N) is 1. The molecule has 1 aromatic carbocycles. The molecule has 0 radical (unpaired) electrons. The van der Waals surface area contributed by atoms with E-state index in [1.54, 1.807) is 0 Å². The molecule has 2 rings (SSSR count). The van der Waals surface area contributed by atoms with Crippen LogP contribution in [0.5, 0.6) is 0 Å². The Morgan fingerprint density at radius 1 is 1.22 bits per heavy atom. The molecule has 1 aliphatic rings. The fraction of sp³-hybridized carbons (Fsp3) is 0.462. The van der Waals surface area contributed by atoms with Gasteiger partial charge in [-0.05, 0) is 59.8 Å². The Kier molecular flexibility index (Phi) is 4.81. The van der Waals surface area contributed by atoms with Crippen LogP contribution in [0.3, 0.4) is 0 Å². The zero-order valence-electron chi connectivity index (χ0n) is 9.96. The number of anilines is 1. The minimum Gasteiger partial charge on any atom is -0.328 e. The van der Waals surface area contributed by atoms with Gasteiger partial charge in [0.2, 0.25) is 5.91 Å². The highest BCUT2D eigenvalue weighted by atomic mass is 79.9. The summed E-state index contributed by atoms with van der Waals surface area (Å²) in [5.41, 5.74) is 6.66. The lowest BCUT2D eigenvalue weighted by Gasteiger charge is -2.25. The Labute approximate surface area is 124 Å². The molecular weight excluding hydrogens is 360 g/mol. The number of amides is 1. The summed E-state index contributed by atoms with van der Waals surface area (Å²) >= 11 is 6.84. The molecule has 0 spiro atoms. The molecule has 0 aliphatic heterocycles. The summed E-state index contributed by atoms with van der Waals surface area (Å²) in [7, 11) is 0. The quantitative estimate of drug-likeness (QED) is 0.828. The smallest absolute Gasteiger partial charge is 0.227 e. The van der Waals surface area contributed by atoms with Crippen LogP contribution >= 0.6 is 31.9 Å². The van der Waals surface area contributed by atoms with Crippen molar-refractivity contribution < 1.29 is 4.79 Å². The van der Waals surface area contributed by atoms with Crippen molar-refractivity contribution in [3.05, 3.63) is 27.1 Å². The van der Waals surface area contributed by atoms with E-state index >= 15 is 0 Å². The molecule has 1 amide bonds. The first-order valence-corrected chi connectivity index (χ1v) is 7.66. The maximum absolute atomic E-state index is 12.1. The highest BCUT2D eigenvalue weighted by Gasteiger charge is 2.24. The Morgan fingerprint density at radius 2 is 1.89 bits per heavy atom. The zero-order chi connectivity index (χ0) is 13.1.